The summed E-state index contributed by atoms with van der Waals surface area (Å²) in [6.45, 7) is 0.488. The highest BCUT2D eigenvalue weighted by Crippen LogP contribution is 2.48. The van der Waals surface area contributed by atoms with Gasteiger partial charge in [-0.2, -0.15) is 0 Å². The van der Waals surface area contributed by atoms with Gasteiger partial charge in [0, 0.05) is 24.9 Å². The average Bonchev–Trinajstić information content (AvgIpc) is 3.27. The molecule has 1 N–H and O–H groups in total. The highest BCUT2D eigenvalue weighted by Gasteiger charge is 2.44. The van der Waals surface area contributed by atoms with E-state index in [4.69, 9.17) is 0 Å². The first-order valence-electron chi connectivity index (χ1n) is 6.67. The molecule has 0 saturated heterocycles. The molecule has 4 heteroatoms. The monoisotopic (exact) mass is 270 g/mol. The van der Waals surface area contributed by atoms with Crippen LogP contribution in [0.1, 0.15) is 23.5 Å². The Balaban J connectivity index is 1.57. The molecule has 1 aliphatic carbocycles. The number of pyridine rings is 1. The lowest BCUT2D eigenvalue weighted by Crippen LogP contribution is -2.24. The summed E-state index contributed by atoms with van der Waals surface area (Å²) in [5, 5.41) is 2.89. The van der Waals surface area contributed by atoms with Crippen molar-refractivity contribution in [1.82, 2.24) is 10.3 Å². The molecule has 0 bridgehead atoms. The molecule has 0 aliphatic heterocycles. The van der Waals surface area contributed by atoms with Gasteiger partial charge in [0.2, 0.25) is 5.91 Å². The van der Waals surface area contributed by atoms with Crippen molar-refractivity contribution in [3.63, 3.8) is 0 Å². The lowest BCUT2D eigenvalue weighted by molar-refractivity contribution is -0.122. The van der Waals surface area contributed by atoms with E-state index in [1.165, 1.54) is 6.07 Å². The number of hydrogen-bond acceptors (Lipinski definition) is 2. The van der Waals surface area contributed by atoms with Crippen LogP contribution in [0.5, 0.6) is 0 Å². The van der Waals surface area contributed by atoms with Crippen LogP contribution < -0.4 is 5.32 Å². The summed E-state index contributed by atoms with van der Waals surface area (Å²) in [5.41, 5.74) is 1.66. The van der Waals surface area contributed by atoms with E-state index in [0.717, 1.165) is 12.0 Å². The lowest BCUT2D eigenvalue weighted by atomic mass is 10.1. The molecule has 0 unspecified atom stereocenters. The fourth-order valence-corrected chi connectivity index (χ4v) is 2.43. The largest absolute Gasteiger partial charge is 0.352 e. The summed E-state index contributed by atoms with van der Waals surface area (Å²) < 4.78 is 13.6. The highest BCUT2D eigenvalue weighted by molar-refractivity contribution is 5.82. The minimum Gasteiger partial charge on any atom is -0.352 e. The molecule has 102 valence electrons. The van der Waals surface area contributed by atoms with Crippen molar-refractivity contribution in [2.24, 2.45) is 5.92 Å². The smallest absolute Gasteiger partial charge is 0.224 e. The van der Waals surface area contributed by atoms with Crippen LogP contribution in [0.4, 0.5) is 4.39 Å². The molecule has 1 fully saturated rings. The zero-order chi connectivity index (χ0) is 13.9. The van der Waals surface area contributed by atoms with Crippen LogP contribution in [0.2, 0.25) is 0 Å². The maximum absolute atomic E-state index is 13.6. The number of benzene rings is 1. The lowest BCUT2D eigenvalue weighted by Gasteiger charge is -2.05. The topological polar surface area (TPSA) is 42.0 Å². The van der Waals surface area contributed by atoms with Crippen molar-refractivity contribution >= 4 is 5.91 Å². The number of nitrogens with zero attached hydrogens (tertiary/aromatic N) is 1. The quantitative estimate of drug-likeness (QED) is 0.928. The average molecular weight is 270 g/mol. The Morgan fingerprint density at radius 3 is 2.75 bits per heavy atom. The number of amides is 1. The maximum atomic E-state index is 13.6. The fourth-order valence-electron chi connectivity index (χ4n) is 2.43. The third kappa shape index (κ3) is 2.69. The number of rotatable bonds is 4. The van der Waals surface area contributed by atoms with Crippen molar-refractivity contribution in [1.29, 1.82) is 0 Å². The van der Waals surface area contributed by atoms with Gasteiger partial charge in [0.15, 0.2) is 0 Å². The number of carbonyl (C=O) groups is 1. The summed E-state index contributed by atoms with van der Waals surface area (Å²) in [7, 11) is 0. The van der Waals surface area contributed by atoms with Crippen LogP contribution in [0.15, 0.2) is 48.8 Å². The number of hydrogen-bond donors (Lipinski definition) is 1. The van der Waals surface area contributed by atoms with Crippen LogP contribution in [-0.4, -0.2) is 10.9 Å². The molecule has 1 aromatic carbocycles. The minimum absolute atomic E-state index is 0.00457. The van der Waals surface area contributed by atoms with Gasteiger partial charge in [-0.3, -0.25) is 9.78 Å². The van der Waals surface area contributed by atoms with Gasteiger partial charge in [0.25, 0.3) is 0 Å². The minimum atomic E-state index is -0.220. The van der Waals surface area contributed by atoms with E-state index < -0.39 is 0 Å². The van der Waals surface area contributed by atoms with Crippen LogP contribution >= 0.6 is 0 Å². The Bertz CT molecular complexity index is 615. The Labute approximate surface area is 116 Å². The number of aromatic nitrogens is 1. The van der Waals surface area contributed by atoms with Crippen LogP contribution in [0.25, 0.3) is 0 Å². The van der Waals surface area contributed by atoms with Crippen molar-refractivity contribution in [2.45, 2.75) is 18.9 Å². The second-order valence-electron chi connectivity index (χ2n) is 5.04. The molecule has 1 aromatic heterocycles. The molecule has 1 aliphatic rings. The first-order chi connectivity index (χ1) is 9.75. The summed E-state index contributed by atoms with van der Waals surface area (Å²) in [5.74, 6) is -0.306. The van der Waals surface area contributed by atoms with E-state index in [1.54, 1.807) is 24.5 Å². The van der Waals surface area contributed by atoms with Crippen molar-refractivity contribution in [3.05, 3.63) is 65.7 Å². The number of halogens is 1. The molecule has 1 amide bonds. The first kappa shape index (κ1) is 12.8. The second kappa shape index (κ2) is 5.41. The third-order valence-electron chi connectivity index (χ3n) is 3.65. The van der Waals surface area contributed by atoms with Gasteiger partial charge in [-0.1, -0.05) is 18.2 Å². The van der Waals surface area contributed by atoms with Crippen molar-refractivity contribution in [3.8, 4) is 0 Å². The molecule has 2 atom stereocenters. The van der Waals surface area contributed by atoms with Crippen LogP contribution in [0.3, 0.4) is 0 Å². The summed E-state index contributed by atoms with van der Waals surface area (Å²) in [4.78, 5) is 16.0. The predicted octanol–water partition coefficient (Wildman–Crippen LogP) is 2.64. The second-order valence-corrected chi connectivity index (χ2v) is 5.04. The Hall–Kier alpha value is -2.23. The van der Waals surface area contributed by atoms with Gasteiger partial charge in [-0.05, 0) is 41.7 Å². The van der Waals surface area contributed by atoms with E-state index in [-0.39, 0.29) is 23.6 Å². The zero-order valence-electron chi connectivity index (χ0n) is 10.9. The molecule has 2 aromatic rings. The molecule has 0 spiro atoms. The van der Waals surface area contributed by atoms with Gasteiger partial charge >= 0.3 is 0 Å². The molecular weight excluding hydrogens is 255 g/mol. The Morgan fingerprint density at radius 2 is 2.00 bits per heavy atom. The van der Waals surface area contributed by atoms with Gasteiger partial charge < -0.3 is 5.32 Å². The molecule has 1 saturated carbocycles. The van der Waals surface area contributed by atoms with E-state index in [2.05, 4.69) is 10.3 Å². The van der Waals surface area contributed by atoms with E-state index in [1.807, 2.05) is 18.2 Å². The molecule has 20 heavy (non-hydrogen) atoms. The number of carbonyl (C=O) groups excluding carboxylic acids is 1. The molecule has 1 heterocycles. The molecule has 3 nitrogen and oxygen atoms in total. The van der Waals surface area contributed by atoms with Gasteiger partial charge in [-0.15, -0.1) is 0 Å². The predicted molar refractivity (Wildman–Crippen MR) is 73.3 cm³/mol. The standard InChI is InChI=1S/C16H15FN2O/c17-15-4-2-1-3-12(15)13-9-14(13)16(20)19-10-11-5-7-18-8-6-11/h1-8,13-14H,9-10H2,(H,19,20)/t13-,14+/m0/s1. The molecule has 3 rings (SSSR count). The molecule has 0 radical (unpaired) electrons. The Kier molecular flexibility index (Phi) is 3.46. The van der Waals surface area contributed by atoms with Crippen molar-refractivity contribution < 1.29 is 9.18 Å². The normalized spacial score (nSPS) is 20.4. The van der Waals surface area contributed by atoms with E-state index >= 15 is 0 Å². The first-order valence-corrected chi connectivity index (χ1v) is 6.67. The molecular formula is C16H15FN2O. The van der Waals surface area contributed by atoms with Gasteiger partial charge in [0.05, 0.1) is 0 Å². The van der Waals surface area contributed by atoms with E-state index in [0.29, 0.717) is 12.1 Å². The van der Waals surface area contributed by atoms with E-state index in [9.17, 15) is 9.18 Å². The van der Waals surface area contributed by atoms with Crippen LogP contribution in [0, 0.1) is 11.7 Å². The highest BCUT2D eigenvalue weighted by atomic mass is 19.1. The maximum Gasteiger partial charge on any atom is 0.224 e. The van der Waals surface area contributed by atoms with Gasteiger partial charge in [0.1, 0.15) is 5.82 Å². The summed E-state index contributed by atoms with van der Waals surface area (Å²) in [6.07, 6.45) is 4.12. The zero-order valence-corrected chi connectivity index (χ0v) is 10.9. The number of nitrogens with one attached hydrogen (secondary N) is 1. The fraction of sp³-hybridized carbons (Fsp3) is 0.250. The Morgan fingerprint density at radius 1 is 1.25 bits per heavy atom. The summed E-state index contributed by atoms with van der Waals surface area (Å²) in [6, 6.07) is 10.4. The van der Waals surface area contributed by atoms with Crippen LogP contribution in [-0.2, 0) is 11.3 Å². The van der Waals surface area contributed by atoms with Gasteiger partial charge in [-0.25, -0.2) is 4.39 Å². The summed E-state index contributed by atoms with van der Waals surface area (Å²) >= 11 is 0. The van der Waals surface area contributed by atoms with Crippen molar-refractivity contribution in [2.75, 3.05) is 0 Å². The SMILES string of the molecule is O=C(NCc1ccncc1)[C@@H]1C[C@H]1c1ccccc1F. The third-order valence-corrected chi connectivity index (χ3v) is 3.65.